The highest BCUT2D eigenvalue weighted by Crippen LogP contribution is 2.29. The molecule has 0 amide bonds. The summed E-state index contributed by atoms with van der Waals surface area (Å²) in [6, 6.07) is 11.9. The van der Waals surface area contributed by atoms with Gasteiger partial charge in [-0.1, -0.05) is 30.0 Å². The molecule has 0 radical (unpaired) electrons. The van der Waals surface area contributed by atoms with E-state index < -0.39 is 0 Å². The van der Waals surface area contributed by atoms with Crippen LogP contribution < -0.4 is 5.73 Å². The normalized spacial score (nSPS) is 10.3. The lowest BCUT2D eigenvalue weighted by Crippen LogP contribution is -2.12. The molecular formula is C14H15N3S. The van der Waals surface area contributed by atoms with Gasteiger partial charge in [-0.05, 0) is 43.2 Å². The number of pyridine rings is 1. The van der Waals surface area contributed by atoms with E-state index in [-0.39, 0.29) is 5.84 Å². The molecule has 1 aromatic carbocycles. The molecule has 0 saturated heterocycles. The third-order valence-electron chi connectivity index (χ3n) is 2.56. The summed E-state index contributed by atoms with van der Waals surface area (Å²) in [6.07, 6.45) is 0. The van der Waals surface area contributed by atoms with Crippen LogP contribution in [0.25, 0.3) is 0 Å². The maximum atomic E-state index is 7.39. The second-order valence-corrected chi connectivity index (χ2v) is 5.21. The molecule has 0 aliphatic rings. The summed E-state index contributed by atoms with van der Waals surface area (Å²) in [5.41, 5.74) is 8.41. The van der Waals surface area contributed by atoms with Crippen molar-refractivity contribution in [2.75, 3.05) is 0 Å². The molecule has 2 rings (SSSR count). The van der Waals surface area contributed by atoms with Gasteiger partial charge in [-0.2, -0.15) is 0 Å². The van der Waals surface area contributed by atoms with Crippen molar-refractivity contribution in [2.24, 2.45) is 5.73 Å². The van der Waals surface area contributed by atoms with Crippen molar-refractivity contribution in [3.63, 3.8) is 0 Å². The number of nitrogens with two attached hydrogens (primary N) is 1. The van der Waals surface area contributed by atoms with Crippen molar-refractivity contribution in [1.29, 1.82) is 5.41 Å². The first kappa shape index (κ1) is 12.6. The lowest BCUT2D eigenvalue weighted by atomic mass is 10.2. The van der Waals surface area contributed by atoms with Gasteiger partial charge in [0.2, 0.25) is 0 Å². The summed E-state index contributed by atoms with van der Waals surface area (Å²) in [7, 11) is 0. The minimum atomic E-state index is -0.00147. The zero-order valence-corrected chi connectivity index (χ0v) is 11.2. The number of benzene rings is 1. The third kappa shape index (κ3) is 2.90. The molecule has 18 heavy (non-hydrogen) atoms. The Balaban J connectivity index is 2.31. The van der Waals surface area contributed by atoms with Crippen molar-refractivity contribution in [1.82, 2.24) is 4.98 Å². The van der Waals surface area contributed by atoms with Crippen LogP contribution in [0.5, 0.6) is 0 Å². The Morgan fingerprint density at radius 1 is 1.22 bits per heavy atom. The van der Waals surface area contributed by atoms with Gasteiger partial charge in [0.25, 0.3) is 0 Å². The van der Waals surface area contributed by atoms with Crippen molar-refractivity contribution >= 4 is 17.6 Å². The van der Waals surface area contributed by atoms with Gasteiger partial charge < -0.3 is 5.73 Å². The first-order valence-corrected chi connectivity index (χ1v) is 6.44. The van der Waals surface area contributed by atoms with E-state index in [4.69, 9.17) is 11.1 Å². The molecule has 3 nitrogen and oxygen atoms in total. The van der Waals surface area contributed by atoms with E-state index in [1.54, 1.807) is 17.8 Å². The number of nitrogens with one attached hydrogen (secondary N) is 1. The summed E-state index contributed by atoms with van der Waals surface area (Å²) in [4.78, 5) is 5.54. The van der Waals surface area contributed by atoms with E-state index in [2.05, 4.69) is 37.0 Å². The maximum Gasteiger partial charge on any atom is 0.141 e. The number of rotatable bonds is 3. The molecule has 0 aliphatic carbocycles. The van der Waals surface area contributed by atoms with Gasteiger partial charge in [0.05, 0.1) is 0 Å². The summed E-state index contributed by atoms with van der Waals surface area (Å²) in [6.45, 7) is 4.15. The lowest BCUT2D eigenvalue weighted by molar-refractivity contribution is 1.10. The fourth-order valence-corrected chi connectivity index (χ4v) is 2.54. The Labute approximate surface area is 111 Å². The van der Waals surface area contributed by atoms with Crippen molar-refractivity contribution < 1.29 is 0 Å². The van der Waals surface area contributed by atoms with Crippen LogP contribution >= 0.6 is 11.8 Å². The van der Waals surface area contributed by atoms with Gasteiger partial charge in [0, 0.05) is 4.90 Å². The predicted molar refractivity (Wildman–Crippen MR) is 75.3 cm³/mol. The van der Waals surface area contributed by atoms with E-state index in [0.29, 0.717) is 5.69 Å². The lowest BCUT2D eigenvalue weighted by Gasteiger charge is -2.07. The minimum absolute atomic E-state index is 0.00147. The average Bonchev–Trinajstić information content (AvgIpc) is 2.34. The molecule has 0 spiro atoms. The van der Waals surface area contributed by atoms with Crippen molar-refractivity contribution in [2.45, 2.75) is 23.8 Å². The summed E-state index contributed by atoms with van der Waals surface area (Å²) >= 11 is 1.60. The third-order valence-corrected chi connectivity index (χ3v) is 3.65. The number of hydrogen-bond donors (Lipinski definition) is 2. The molecular weight excluding hydrogens is 242 g/mol. The Bertz CT molecular complexity index is 593. The van der Waals surface area contributed by atoms with Crippen LogP contribution in [0.15, 0.2) is 46.3 Å². The zero-order valence-electron chi connectivity index (χ0n) is 10.4. The molecule has 2 aromatic rings. The van der Waals surface area contributed by atoms with E-state index in [1.165, 1.54) is 16.0 Å². The average molecular weight is 257 g/mol. The smallest absolute Gasteiger partial charge is 0.141 e. The highest BCUT2D eigenvalue weighted by atomic mass is 32.2. The number of aryl methyl sites for hydroxylation is 2. The van der Waals surface area contributed by atoms with Crippen LogP contribution in [0.1, 0.15) is 16.8 Å². The molecule has 1 aromatic heterocycles. The standard InChI is InChI=1S/C14H15N3S/c1-9-6-7-10(2)12(8-9)18-13-5-3-4-11(17-13)14(15)16/h3-8H,1-2H3,(H3,15,16). The quantitative estimate of drug-likeness (QED) is 0.656. The topological polar surface area (TPSA) is 62.8 Å². The summed E-state index contributed by atoms with van der Waals surface area (Å²) in [5.74, 6) is -0.00147. The van der Waals surface area contributed by atoms with E-state index >= 15 is 0 Å². The van der Waals surface area contributed by atoms with E-state index in [1.807, 2.05) is 12.1 Å². The van der Waals surface area contributed by atoms with Crippen LogP contribution in [-0.4, -0.2) is 10.8 Å². The number of amidine groups is 1. The van der Waals surface area contributed by atoms with Gasteiger partial charge >= 0.3 is 0 Å². The van der Waals surface area contributed by atoms with Gasteiger partial charge in [-0.3, -0.25) is 5.41 Å². The van der Waals surface area contributed by atoms with E-state index in [9.17, 15) is 0 Å². The molecule has 92 valence electrons. The van der Waals surface area contributed by atoms with Crippen LogP contribution in [-0.2, 0) is 0 Å². The Hall–Kier alpha value is -1.81. The monoisotopic (exact) mass is 257 g/mol. The van der Waals surface area contributed by atoms with E-state index in [0.717, 1.165) is 5.03 Å². The fourth-order valence-electron chi connectivity index (χ4n) is 1.55. The number of nitrogen functional groups attached to an aromatic ring is 1. The number of aromatic nitrogens is 1. The molecule has 0 atom stereocenters. The molecule has 0 saturated carbocycles. The van der Waals surface area contributed by atoms with Gasteiger partial charge in [-0.15, -0.1) is 0 Å². The van der Waals surface area contributed by atoms with Crippen LogP contribution in [0, 0.1) is 19.3 Å². The van der Waals surface area contributed by atoms with Crippen LogP contribution in [0.4, 0.5) is 0 Å². The summed E-state index contributed by atoms with van der Waals surface area (Å²) in [5, 5.41) is 8.25. The minimum Gasteiger partial charge on any atom is -0.382 e. The molecule has 0 aliphatic heterocycles. The van der Waals surface area contributed by atoms with Crippen LogP contribution in [0.3, 0.4) is 0 Å². The second-order valence-electron chi connectivity index (χ2n) is 4.15. The highest BCUT2D eigenvalue weighted by Gasteiger charge is 2.05. The molecule has 0 unspecified atom stereocenters. The van der Waals surface area contributed by atoms with Crippen LogP contribution in [0.2, 0.25) is 0 Å². The number of hydrogen-bond acceptors (Lipinski definition) is 3. The second kappa shape index (κ2) is 5.23. The fraction of sp³-hybridized carbons (Fsp3) is 0.143. The predicted octanol–water partition coefficient (Wildman–Crippen LogP) is 3.13. The largest absolute Gasteiger partial charge is 0.382 e. The molecule has 3 N–H and O–H groups in total. The Morgan fingerprint density at radius 3 is 2.72 bits per heavy atom. The molecule has 0 fully saturated rings. The first-order valence-electron chi connectivity index (χ1n) is 5.63. The summed E-state index contributed by atoms with van der Waals surface area (Å²) < 4.78 is 0. The maximum absolute atomic E-state index is 7.39. The van der Waals surface area contributed by atoms with Crippen molar-refractivity contribution in [3.8, 4) is 0 Å². The van der Waals surface area contributed by atoms with Gasteiger partial charge in [0.15, 0.2) is 0 Å². The highest BCUT2D eigenvalue weighted by molar-refractivity contribution is 7.99. The van der Waals surface area contributed by atoms with Crippen molar-refractivity contribution in [3.05, 3.63) is 53.2 Å². The van der Waals surface area contributed by atoms with Gasteiger partial charge in [0.1, 0.15) is 16.6 Å². The van der Waals surface area contributed by atoms with Gasteiger partial charge in [-0.25, -0.2) is 4.98 Å². The zero-order chi connectivity index (χ0) is 13.1. The SMILES string of the molecule is Cc1ccc(C)c(Sc2cccc(C(=N)N)n2)c1. The molecule has 0 bridgehead atoms. The Morgan fingerprint density at radius 2 is 2.00 bits per heavy atom. The molecule has 4 heteroatoms. The number of nitrogens with zero attached hydrogens (tertiary/aromatic N) is 1. The molecule has 1 heterocycles. The Kier molecular flexibility index (Phi) is 3.67. The first-order chi connectivity index (χ1) is 8.56.